The minimum absolute atomic E-state index is 0.134. The Hall–Kier alpha value is -3.27. The van der Waals surface area contributed by atoms with Crippen LogP contribution in [0, 0.1) is 21.4 Å². The third-order valence-electron chi connectivity index (χ3n) is 2.96. The van der Waals surface area contributed by atoms with Crippen molar-refractivity contribution in [3.63, 3.8) is 0 Å². The highest BCUT2D eigenvalue weighted by Crippen LogP contribution is 2.30. The van der Waals surface area contributed by atoms with Crippen LogP contribution in [-0.4, -0.2) is 19.1 Å². The van der Waals surface area contributed by atoms with Crippen molar-refractivity contribution in [1.82, 2.24) is 0 Å². The minimum Gasteiger partial charge on any atom is -0.497 e. The summed E-state index contributed by atoms with van der Waals surface area (Å²) in [5.74, 6) is 1.17. The summed E-state index contributed by atoms with van der Waals surface area (Å²) in [6.45, 7) is 0. The van der Waals surface area contributed by atoms with Crippen LogP contribution in [0.3, 0.4) is 0 Å². The number of benzene rings is 2. The summed E-state index contributed by atoms with van der Waals surface area (Å²) in [5.41, 5.74) is 1.14. The van der Waals surface area contributed by atoms with E-state index < -0.39 is 4.92 Å². The first-order chi connectivity index (χ1) is 10.6. The van der Waals surface area contributed by atoms with Crippen LogP contribution >= 0.6 is 0 Å². The number of nitro benzene ring substituents is 1. The van der Waals surface area contributed by atoms with Gasteiger partial charge in [-0.1, -0.05) is 0 Å². The second-order valence-corrected chi connectivity index (χ2v) is 4.33. The molecular weight excluding hydrogens is 286 g/mol. The van der Waals surface area contributed by atoms with Crippen molar-refractivity contribution in [3.05, 3.63) is 52.1 Å². The van der Waals surface area contributed by atoms with Crippen LogP contribution in [0.4, 0.5) is 17.1 Å². The van der Waals surface area contributed by atoms with Crippen LogP contribution < -0.4 is 14.8 Å². The maximum atomic E-state index is 10.7. The first-order valence-electron chi connectivity index (χ1n) is 6.26. The number of ether oxygens (including phenoxy) is 2. The van der Waals surface area contributed by atoms with Crippen LogP contribution in [0.15, 0.2) is 36.4 Å². The van der Waals surface area contributed by atoms with Gasteiger partial charge in [0, 0.05) is 36.0 Å². The Kier molecular flexibility index (Phi) is 4.44. The highest BCUT2D eigenvalue weighted by molar-refractivity contribution is 5.70. The lowest BCUT2D eigenvalue weighted by Gasteiger charge is -2.11. The SMILES string of the molecule is COc1cc(Nc2ccc([N+](=O)[O-])cc2C#N)cc(OC)c1. The molecule has 0 bridgehead atoms. The van der Waals surface area contributed by atoms with Crippen molar-refractivity contribution in [2.24, 2.45) is 0 Å². The smallest absolute Gasteiger partial charge is 0.270 e. The molecule has 7 nitrogen and oxygen atoms in total. The normalized spacial score (nSPS) is 9.68. The molecule has 0 aliphatic heterocycles. The van der Waals surface area contributed by atoms with Gasteiger partial charge < -0.3 is 14.8 Å². The van der Waals surface area contributed by atoms with Crippen LogP contribution in [-0.2, 0) is 0 Å². The molecule has 0 amide bonds. The first-order valence-corrected chi connectivity index (χ1v) is 6.26. The van der Waals surface area contributed by atoms with Gasteiger partial charge in [-0.3, -0.25) is 10.1 Å². The van der Waals surface area contributed by atoms with E-state index in [1.807, 2.05) is 6.07 Å². The van der Waals surface area contributed by atoms with Gasteiger partial charge in [0.2, 0.25) is 0 Å². The van der Waals surface area contributed by atoms with E-state index in [2.05, 4.69) is 5.32 Å². The van der Waals surface area contributed by atoms with Gasteiger partial charge in [-0.15, -0.1) is 0 Å². The first kappa shape index (κ1) is 15.1. The zero-order valence-corrected chi connectivity index (χ0v) is 12.0. The maximum absolute atomic E-state index is 10.7. The molecule has 2 aromatic carbocycles. The summed E-state index contributed by atoms with van der Waals surface area (Å²) in [4.78, 5) is 10.2. The van der Waals surface area contributed by atoms with Crippen molar-refractivity contribution < 1.29 is 14.4 Å². The fraction of sp³-hybridized carbons (Fsp3) is 0.133. The molecule has 0 spiro atoms. The standard InChI is InChI=1S/C15H13N3O4/c1-21-13-6-11(7-14(8-13)22-2)17-15-4-3-12(18(19)20)5-10(15)9-16/h3-8,17H,1-2H3. The maximum Gasteiger partial charge on any atom is 0.270 e. The number of nitro groups is 1. The van der Waals surface area contributed by atoms with E-state index in [9.17, 15) is 10.1 Å². The van der Waals surface area contributed by atoms with Gasteiger partial charge in [-0.25, -0.2) is 0 Å². The molecule has 22 heavy (non-hydrogen) atoms. The Balaban J connectivity index is 2.38. The molecule has 0 heterocycles. The molecule has 0 radical (unpaired) electrons. The summed E-state index contributed by atoms with van der Waals surface area (Å²) >= 11 is 0. The van der Waals surface area contributed by atoms with E-state index in [0.29, 0.717) is 22.9 Å². The minimum atomic E-state index is -0.542. The van der Waals surface area contributed by atoms with Crippen molar-refractivity contribution in [2.75, 3.05) is 19.5 Å². The average molecular weight is 299 g/mol. The van der Waals surface area contributed by atoms with Crippen molar-refractivity contribution >= 4 is 17.1 Å². The number of anilines is 2. The number of nitrogens with one attached hydrogen (secondary N) is 1. The molecule has 0 aromatic heterocycles. The van der Waals surface area contributed by atoms with Gasteiger partial charge in [0.25, 0.3) is 5.69 Å². The molecule has 2 rings (SSSR count). The molecule has 2 aromatic rings. The molecule has 0 unspecified atom stereocenters. The zero-order chi connectivity index (χ0) is 16.1. The Morgan fingerprint density at radius 3 is 2.27 bits per heavy atom. The van der Waals surface area contributed by atoms with Crippen LogP contribution in [0.1, 0.15) is 5.56 Å². The second-order valence-electron chi connectivity index (χ2n) is 4.33. The van der Waals surface area contributed by atoms with E-state index in [1.165, 1.54) is 32.4 Å². The number of rotatable bonds is 5. The fourth-order valence-electron chi connectivity index (χ4n) is 1.88. The van der Waals surface area contributed by atoms with E-state index in [1.54, 1.807) is 18.2 Å². The second kappa shape index (κ2) is 6.45. The molecule has 0 atom stereocenters. The Bertz CT molecular complexity index is 731. The van der Waals surface area contributed by atoms with Crippen LogP contribution in [0.5, 0.6) is 11.5 Å². The van der Waals surface area contributed by atoms with Gasteiger partial charge in [0.05, 0.1) is 30.4 Å². The Morgan fingerprint density at radius 2 is 1.77 bits per heavy atom. The van der Waals surface area contributed by atoms with Gasteiger partial charge in [-0.05, 0) is 6.07 Å². The summed E-state index contributed by atoms with van der Waals surface area (Å²) in [6.07, 6.45) is 0. The van der Waals surface area contributed by atoms with Gasteiger partial charge in [-0.2, -0.15) is 5.26 Å². The Labute approximate surface area is 126 Å². The van der Waals surface area contributed by atoms with E-state index in [0.717, 1.165) is 0 Å². The van der Waals surface area contributed by atoms with E-state index in [4.69, 9.17) is 14.7 Å². The fourth-order valence-corrected chi connectivity index (χ4v) is 1.88. The Morgan fingerprint density at radius 1 is 1.14 bits per heavy atom. The lowest BCUT2D eigenvalue weighted by molar-refractivity contribution is -0.384. The summed E-state index contributed by atoms with van der Waals surface area (Å²) in [6, 6.07) is 11.2. The van der Waals surface area contributed by atoms with Crippen LogP contribution in [0.2, 0.25) is 0 Å². The third-order valence-corrected chi connectivity index (χ3v) is 2.96. The van der Waals surface area contributed by atoms with Crippen molar-refractivity contribution in [1.29, 1.82) is 5.26 Å². The molecular formula is C15H13N3O4. The molecule has 0 aliphatic rings. The number of nitriles is 1. The van der Waals surface area contributed by atoms with E-state index >= 15 is 0 Å². The molecule has 0 aliphatic carbocycles. The molecule has 112 valence electrons. The number of nitrogens with zero attached hydrogens (tertiary/aromatic N) is 2. The molecule has 0 saturated carbocycles. The molecule has 0 saturated heterocycles. The van der Waals surface area contributed by atoms with Gasteiger partial charge in [0.1, 0.15) is 17.6 Å². The summed E-state index contributed by atoms with van der Waals surface area (Å²) in [5, 5.41) is 22.9. The largest absolute Gasteiger partial charge is 0.497 e. The lowest BCUT2D eigenvalue weighted by atomic mass is 10.1. The van der Waals surface area contributed by atoms with Gasteiger partial charge in [0.15, 0.2) is 0 Å². The monoisotopic (exact) mass is 299 g/mol. The quantitative estimate of drug-likeness (QED) is 0.672. The van der Waals surface area contributed by atoms with Crippen molar-refractivity contribution in [2.45, 2.75) is 0 Å². The summed E-state index contributed by atoms with van der Waals surface area (Å²) in [7, 11) is 3.07. The van der Waals surface area contributed by atoms with Crippen LogP contribution in [0.25, 0.3) is 0 Å². The number of non-ortho nitro benzene ring substituents is 1. The molecule has 0 fully saturated rings. The number of hydrogen-bond acceptors (Lipinski definition) is 6. The zero-order valence-electron chi connectivity index (χ0n) is 12.0. The molecule has 7 heteroatoms. The summed E-state index contributed by atoms with van der Waals surface area (Å²) < 4.78 is 10.3. The lowest BCUT2D eigenvalue weighted by Crippen LogP contribution is -1.97. The predicted molar refractivity (Wildman–Crippen MR) is 80.6 cm³/mol. The topological polar surface area (TPSA) is 97.4 Å². The number of hydrogen-bond donors (Lipinski definition) is 1. The highest BCUT2D eigenvalue weighted by Gasteiger charge is 2.11. The van der Waals surface area contributed by atoms with Gasteiger partial charge >= 0.3 is 0 Å². The number of methoxy groups -OCH3 is 2. The van der Waals surface area contributed by atoms with Crippen molar-refractivity contribution in [3.8, 4) is 17.6 Å². The van der Waals surface area contributed by atoms with E-state index in [-0.39, 0.29) is 11.3 Å². The molecule has 1 N–H and O–H groups in total. The average Bonchev–Trinajstić information content (AvgIpc) is 2.54. The third kappa shape index (κ3) is 3.24. The predicted octanol–water partition coefficient (Wildman–Crippen LogP) is 3.23. The highest BCUT2D eigenvalue weighted by atomic mass is 16.6.